The van der Waals surface area contributed by atoms with Gasteiger partial charge in [-0.25, -0.2) is 4.39 Å². The van der Waals surface area contributed by atoms with Crippen LogP contribution in [-0.2, 0) is 5.60 Å². The van der Waals surface area contributed by atoms with E-state index in [1.807, 2.05) is 0 Å². The number of halogens is 1. The van der Waals surface area contributed by atoms with Gasteiger partial charge in [-0.1, -0.05) is 12.1 Å². The zero-order valence-corrected chi connectivity index (χ0v) is 8.18. The van der Waals surface area contributed by atoms with Crippen molar-refractivity contribution < 1.29 is 9.50 Å². The summed E-state index contributed by atoms with van der Waals surface area (Å²) in [4.78, 5) is 0. The summed E-state index contributed by atoms with van der Waals surface area (Å²) in [6.07, 6.45) is 0.693. The van der Waals surface area contributed by atoms with E-state index < -0.39 is 5.60 Å². The zero-order valence-electron chi connectivity index (χ0n) is 8.18. The summed E-state index contributed by atoms with van der Waals surface area (Å²) < 4.78 is 13.0. The predicted molar refractivity (Wildman–Crippen MR) is 52.5 cm³/mol. The molecule has 76 valence electrons. The molecule has 1 atom stereocenters. The van der Waals surface area contributed by atoms with Crippen LogP contribution in [0.15, 0.2) is 18.2 Å². The number of hydrogen-bond acceptors (Lipinski definition) is 2. The van der Waals surface area contributed by atoms with Crippen LogP contribution in [0.4, 0.5) is 4.39 Å². The van der Waals surface area contributed by atoms with E-state index in [0.717, 1.165) is 12.1 Å². The number of aryl methyl sites for hydroxylation is 1. The van der Waals surface area contributed by atoms with Gasteiger partial charge < -0.3 is 10.4 Å². The van der Waals surface area contributed by atoms with Crippen LogP contribution in [0.2, 0.25) is 0 Å². The Morgan fingerprint density at radius 3 is 2.86 bits per heavy atom. The van der Waals surface area contributed by atoms with Gasteiger partial charge in [-0.05, 0) is 37.1 Å². The van der Waals surface area contributed by atoms with Crippen molar-refractivity contribution in [1.82, 2.24) is 5.32 Å². The van der Waals surface area contributed by atoms with Gasteiger partial charge in [-0.3, -0.25) is 0 Å². The van der Waals surface area contributed by atoms with Crippen LogP contribution in [0.25, 0.3) is 0 Å². The first kappa shape index (κ1) is 9.62. The topological polar surface area (TPSA) is 32.3 Å². The lowest BCUT2D eigenvalue weighted by atomic mass is 9.92. The molecule has 1 unspecified atom stereocenters. The molecule has 1 heterocycles. The van der Waals surface area contributed by atoms with Gasteiger partial charge >= 0.3 is 0 Å². The van der Waals surface area contributed by atoms with E-state index >= 15 is 0 Å². The van der Waals surface area contributed by atoms with Crippen LogP contribution in [0.1, 0.15) is 17.5 Å². The second kappa shape index (κ2) is 3.33. The number of hydrogen-bond donors (Lipinski definition) is 2. The molecule has 0 spiro atoms. The van der Waals surface area contributed by atoms with Crippen molar-refractivity contribution in [2.45, 2.75) is 18.9 Å². The Bertz CT molecular complexity index is 345. The SMILES string of the molecule is Cc1cc(C2(O)CCNC2)ccc1F. The van der Waals surface area contributed by atoms with E-state index in [4.69, 9.17) is 0 Å². The minimum Gasteiger partial charge on any atom is -0.384 e. The van der Waals surface area contributed by atoms with Crippen molar-refractivity contribution in [3.63, 3.8) is 0 Å². The number of rotatable bonds is 1. The molecule has 14 heavy (non-hydrogen) atoms. The highest BCUT2D eigenvalue weighted by molar-refractivity contribution is 5.29. The Hall–Kier alpha value is -0.930. The van der Waals surface area contributed by atoms with Crippen molar-refractivity contribution in [2.75, 3.05) is 13.1 Å². The average molecular weight is 195 g/mol. The van der Waals surface area contributed by atoms with Crippen LogP contribution < -0.4 is 5.32 Å². The van der Waals surface area contributed by atoms with Crippen molar-refractivity contribution in [2.24, 2.45) is 0 Å². The summed E-state index contributed by atoms with van der Waals surface area (Å²) >= 11 is 0. The molecule has 2 nitrogen and oxygen atoms in total. The molecule has 1 aliphatic heterocycles. The summed E-state index contributed by atoms with van der Waals surface area (Å²) in [6.45, 7) is 3.08. The number of aliphatic hydroxyl groups is 1. The van der Waals surface area contributed by atoms with Gasteiger partial charge in [0.25, 0.3) is 0 Å². The minimum atomic E-state index is -0.807. The van der Waals surface area contributed by atoms with E-state index in [9.17, 15) is 9.50 Å². The molecule has 0 aliphatic carbocycles. The van der Waals surface area contributed by atoms with Crippen molar-refractivity contribution in [3.8, 4) is 0 Å². The summed E-state index contributed by atoms with van der Waals surface area (Å²) in [5.74, 6) is -0.219. The fraction of sp³-hybridized carbons (Fsp3) is 0.455. The second-order valence-corrected chi connectivity index (χ2v) is 3.92. The first-order chi connectivity index (χ1) is 6.62. The van der Waals surface area contributed by atoms with Gasteiger partial charge in [0, 0.05) is 6.54 Å². The first-order valence-corrected chi connectivity index (χ1v) is 4.81. The van der Waals surface area contributed by atoms with Crippen molar-refractivity contribution in [3.05, 3.63) is 35.1 Å². The van der Waals surface area contributed by atoms with Gasteiger partial charge in [0.05, 0.1) is 0 Å². The fourth-order valence-electron chi connectivity index (χ4n) is 1.86. The van der Waals surface area contributed by atoms with E-state index in [0.29, 0.717) is 18.5 Å². The summed E-state index contributed by atoms with van der Waals surface area (Å²) in [7, 11) is 0. The van der Waals surface area contributed by atoms with Crippen molar-refractivity contribution in [1.29, 1.82) is 0 Å². The quantitative estimate of drug-likeness (QED) is 0.708. The summed E-state index contributed by atoms with van der Waals surface area (Å²) in [5.41, 5.74) is 0.586. The highest BCUT2D eigenvalue weighted by Gasteiger charge is 2.32. The second-order valence-electron chi connectivity index (χ2n) is 3.92. The van der Waals surface area contributed by atoms with Crippen LogP contribution in [0.5, 0.6) is 0 Å². The van der Waals surface area contributed by atoms with Gasteiger partial charge in [-0.2, -0.15) is 0 Å². The molecule has 0 bridgehead atoms. The van der Waals surface area contributed by atoms with Crippen LogP contribution in [0, 0.1) is 12.7 Å². The van der Waals surface area contributed by atoms with Gasteiger partial charge in [0.1, 0.15) is 11.4 Å². The molecular formula is C11H14FNO. The van der Waals surface area contributed by atoms with E-state index in [-0.39, 0.29) is 5.82 Å². The Kier molecular flexibility index (Phi) is 2.29. The fourth-order valence-corrected chi connectivity index (χ4v) is 1.86. The van der Waals surface area contributed by atoms with E-state index in [2.05, 4.69) is 5.32 Å². The normalized spacial score (nSPS) is 26.8. The van der Waals surface area contributed by atoms with Crippen molar-refractivity contribution >= 4 is 0 Å². The van der Waals surface area contributed by atoms with Gasteiger partial charge in [0.2, 0.25) is 0 Å². The highest BCUT2D eigenvalue weighted by atomic mass is 19.1. The minimum absolute atomic E-state index is 0.219. The Morgan fingerprint density at radius 2 is 2.29 bits per heavy atom. The Labute approximate surface area is 82.8 Å². The lowest BCUT2D eigenvalue weighted by Crippen LogP contribution is -2.28. The third-order valence-electron chi connectivity index (χ3n) is 2.83. The Morgan fingerprint density at radius 1 is 1.50 bits per heavy atom. The number of nitrogens with one attached hydrogen (secondary N) is 1. The van der Waals surface area contributed by atoms with Gasteiger partial charge in [-0.15, -0.1) is 0 Å². The van der Waals surface area contributed by atoms with Crippen LogP contribution in [-0.4, -0.2) is 18.2 Å². The average Bonchev–Trinajstić information content (AvgIpc) is 2.58. The maximum Gasteiger partial charge on any atom is 0.126 e. The van der Waals surface area contributed by atoms with E-state index in [1.165, 1.54) is 6.07 Å². The molecule has 1 aliphatic rings. The molecule has 3 heteroatoms. The molecule has 1 aromatic carbocycles. The third kappa shape index (κ3) is 1.53. The Balaban J connectivity index is 2.36. The smallest absolute Gasteiger partial charge is 0.126 e. The molecular weight excluding hydrogens is 181 g/mol. The highest BCUT2D eigenvalue weighted by Crippen LogP contribution is 2.28. The predicted octanol–water partition coefficient (Wildman–Crippen LogP) is 1.32. The maximum absolute atomic E-state index is 13.0. The maximum atomic E-state index is 13.0. The molecule has 0 amide bonds. The number of benzene rings is 1. The standard InChI is InChI=1S/C11H14FNO/c1-8-6-9(2-3-10(8)12)11(14)4-5-13-7-11/h2-3,6,13-14H,4-5,7H2,1H3. The zero-order chi connectivity index (χ0) is 10.2. The lowest BCUT2D eigenvalue weighted by Gasteiger charge is -2.22. The summed E-state index contributed by atoms with van der Waals surface area (Å²) in [6, 6.07) is 4.80. The van der Waals surface area contributed by atoms with E-state index in [1.54, 1.807) is 19.1 Å². The largest absolute Gasteiger partial charge is 0.384 e. The molecule has 0 radical (unpaired) electrons. The summed E-state index contributed by atoms with van der Waals surface area (Å²) in [5, 5.41) is 13.3. The molecule has 0 saturated carbocycles. The molecule has 1 fully saturated rings. The lowest BCUT2D eigenvalue weighted by molar-refractivity contribution is 0.0586. The first-order valence-electron chi connectivity index (χ1n) is 4.81. The van der Waals surface area contributed by atoms with Crippen LogP contribution >= 0.6 is 0 Å². The number of β-amino-alcohol motifs (C(OH)–C–C–N with tert-alkyl or cyclic N) is 1. The monoisotopic (exact) mass is 195 g/mol. The molecule has 2 N–H and O–H groups in total. The van der Waals surface area contributed by atoms with Gasteiger partial charge in [0.15, 0.2) is 0 Å². The molecule has 1 aromatic rings. The molecule has 0 aromatic heterocycles. The molecule has 2 rings (SSSR count). The molecule has 1 saturated heterocycles. The van der Waals surface area contributed by atoms with Crippen LogP contribution in [0.3, 0.4) is 0 Å². The third-order valence-corrected chi connectivity index (χ3v) is 2.83.